The Morgan fingerprint density at radius 1 is 0.862 bits per heavy atom. The van der Waals surface area contributed by atoms with E-state index in [1.165, 1.54) is 11.3 Å². The zero-order valence-electron chi connectivity index (χ0n) is 14.9. The average Bonchev–Trinajstić information content (AvgIpc) is 3.52. The van der Waals surface area contributed by atoms with Crippen LogP contribution in [-0.2, 0) is 0 Å². The molecule has 0 fully saturated rings. The molecule has 0 aliphatic carbocycles. The van der Waals surface area contributed by atoms with Crippen molar-refractivity contribution in [3.8, 4) is 45.2 Å². The number of para-hydroxylation sites is 1. The maximum Gasteiger partial charge on any atom is 0.155 e. The molecule has 0 N–H and O–H groups in total. The Balaban J connectivity index is 1.89. The summed E-state index contributed by atoms with van der Waals surface area (Å²) in [6, 6.07) is 23.2. The molecule has 0 atom stereocenters. The van der Waals surface area contributed by atoms with E-state index in [-0.39, 0.29) is 11.1 Å². The molecule has 5 nitrogen and oxygen atoms in total. The third-order valence-electron chi connectivity index (χ3n) is 4.21. The third kappa shape index (κ3) is 3.35. The molecule has 0 radical (unpaired) electrons. The van der Waals surface area contributed by atoms with Gasteiger partial charge in [-0.15, -0.1) is 22.7 Å². The SMILES string of the molecule is N#CC(C#N)=C(C#N)c1ccc(-c2cnc(-c3cccs3)n2-c2ccccc2)s1. The molecule has 0 saturated heterocycles. The van der Waals surface area contributed by atoms with Crippen LogP contribution in [0.15, 0.2) is 71.7 Å². The second kappa shape index (κ2) is 7.96. The number of benzene rings is 1. The number of rotatable bonds is 4. The molecule has 0 unspecified atom stereocenters. The maximum absolute atomic E-state index is 9.43. The summed E-state index contributed by atoms with van der Waals surface area (Å²) < 4.78 is 2.08. The Labute approximate surface area is 175 Å². The van der Waals surface area contributed by atoms with Gasteiger partial charge in [0.2, 0.25) is 0 Å². The van der Waals surface area contributed by atoms with E-state index >= 15 is 0 Å². The fraction of sp³-hybridized carbons (Fsp3) is 0. The van der Waals surface area contributed by atoms with Gasteiger partial charge < -0.3 is 0 Å². The molecule has 0 saturated carbocycles. The van der Waals surface area contributed by atoms with Crippen LogP contribution in [0.3, 0.4) is 0 Å². The average molecular weight is 409 g/mol. The van der Waals surface area contributed by atoms with Gasteiger partial charge in [-0.3, -0.25) is 4.57 Å². The van der Waals surface area contributed by atoms with Crippen molar-refractivity contribution in [1.29, 1.82) is 15.8 Å². The molecule has 0 aliphatic rings. The summed E-state index contributed by atoms with van der Waals surface area (Å²) in [5.41, 5.74) is 1.76. The van der Waals surface area contributed by atoms with Gasteiger partial charge in [-0.1, -0.05) is 24.3 Å². The standard InChI is InChI=1S/C22H11N5S2/c23-11-15(12-24)17(13-25)19-8-9-20(29-19)18-14-26-22(21-7-4-10-28-21)27(18)16-5-2-1-3-6-16/h1-10,14H. The van der Waals surface area contributed by atoms with Crippen molar-refractivity contribution in [2.75, 3.05) is 0 Å². The number of hydrogen-bond donors (Lipinski definition) is 0. The highest BCUT2D eigenvalue weighted by atomic mass is 32.1. The molecule has 136 valence electrons. The molecule has 3 heterocycles. The van der Waals surface area contributed by atoms with Crippen molar-refractivity contribution >= 4 is 28.2 Å². The lowest BCUT2D eigenvalue weighted by molar-refractivity contribution is 1.08. The van der Waals surface area contributed by atoms with Crippen LogP contribution in [0.25, 0.3) is 32.5 Å². The minimum atomic E-state index is -0.184. The molecular formula is C22H11N5S2. The summed E-state index contributed by atoms with van der Waals surface area (Å²) in [5, 5.41) is 29.7. The van der Waals surface area contributed by atoms with Crippen LogP contribution in [0.4, 0.5) is 0 Å². The highest BCUT2D eigenvalue weighted by Gasteiger charge is 2.19. The summed E-state index contributed by atoms with van der Waals surface area (Å²) in [7, 11) is 0. The first-order valence-electron chi connectivity index (χ1n) is 8.49. The Bertz CT molecular complexity index is 1300. The first kappa shape index (κ1) is 18.4. The molecule has 0 bridgehead atoms. The fourth-order valence-electron chi connectivity index (χ4n) is 2.92. The fourth-order valence-corrected chi connectivity index (χ4v) is 4.64. The molecule has 0 spiro atoms. The van der Waals surface area contributed by atoms with Gasteiger partial charge in [-0.05, 0) is 35.7 Å². The number of imidazole rings is 1. The van der Waals surface area contributed by atoms with E-state index in [4.69, 9.17) is 10.5 Å². The van der Waals surface area contributed by atoms with E-state index in [1.807, 2.05) is 66.2 Å². The molecule has 29 heavy (non-hydrogen) atoms. The van der Waals surface area contributed by atoms with Crippen LogP contribution >= 0.6 is 22.7 Å². The highest BCUT2D eigenvalue weighted by Crippen LogP contribution is 2.37. The van der Waals surface area contributed by atoms with Crippen LogP contribution in [0.5, 0.6) is 0 Å². The van der Waals surface area contributed by atoms with Gasteiger partial charge in [0.1, 0.15) is 23.8 Å². The number of nitriles is 3. The van der Waals surface area contributed by atoms with Gasteiger partial charge in [-0.25, -0.2) is 4.98 Å². The highest BCUT2D eigenvalue weighted by molar-refractivity contribution is 7.16. The smallest absolute Gasteiger partial charge is 0.155 e. The summed E-state index contributed by atoms with van der Waals surface area (Å²) in [6.07, 6.45) is 1.81. The Morgan fingerprint density at radius 3 is 2.31 bits per heavy atom. The number of allylic oxidation sites excluding steroid dienone is 2. The molecule has 3 aromatic heterocycles. The second-order valence-electron chi connectivity index (χ2n) is 5.86. The van der Waals surface area contributed by atoms with Gasteiger partial charge >= 0.3 is 0 Å². The lowest BCUT2D eigenvalue weighted by atomic mass is 10.1. The Kier molecular flexibility index (Phi) is 5.05. The van der Waals surface area contributed by atoms with Crippen molar-refractivity contribution in [1.82, 2.24) is 9.55 Å². The van der Waals surface area contributed by atoms with Crippen molar-refractivity contribution in [2.45, 2.75) is 0 Å². The Hall–Kier alpha value is -3.96. The lowest BCUT2D eigenvalue weighted by Crippen LogP contribution is -1.98. The zero-order valence-corrected chi connectivity index (χ0v) is 16.5. The topological polar surface area (TPSA) is 89.2 Å². The Morgan fingerprint density at radius 2 is 1.66 bits per heavy atom. The van der Waals surface area contributed by atoms with Crippen LogP contribution in [0, 0.1) is 34.0 Å². The molecule has 4 aromatic rings. The largest absolute Gasteiger partial charge is 0.291 e. The first-order chi connectivity index (χ1) is 14.3. The van der Waals surface area contributed by atoms with Crippen molar-refractivity contribution in [2.24, 2.45) is 0 Å². The van der Waals surface area contributed by atoms with E-state index in [2.05, 4.69) is 9.55 Å². The molecular weight excluding hydrogens is 398 g/mol. The summed E-state index contributed by atoms with van der Waals surface area (Å²) >= 11 is 2.97. The number of hydrogen-bond acceptors (Lipinski definition) is 6. The maximum atomic E-state index is 9.43. The summed E-state index contributed by atoms with van der Waals surface area (Å²) in [6.45, 7) is 0. The number of thiophene rings is 2. The van der Waals surface area contributed by atoms with Gasteiger partial charge in [0.25, 0.3) is 0 Å². The van der Waals surface area contributed by atoms with Gasteiger partial charge in [0.15, 0.2) is 5.82 Å². The van der Waals surface area contributed by atoms with Crippen molar-refractivity contribution in [3.05, 3.63) is 76.6 Å². The first-order valence-corrected chi connectivity index (χ1v) is 10.2. The van der Waals surface area contributed by atoms with E-state index in [0.29, 0.717) is 4.88 Å². The quantitative estimate of drug-likeness (QED) is 0.407. The number of aromatic nitrogens is 2. The number of nitrogens with zero attached hydrogens (tertiary/aromatic N) is 5. The minimum Gasteiger partial charge on any atom is -0.291 e. The second-order valence-corrected chi connectivity index (χ2v) is 7.90. The lowest BCUT2D eigenvalue weighted by Gasteiger charge is -2.10. The molecule has 0 aliphatic heterocycles. The predicted molar refractivity (Wildman–Crippen MR) is 114 cm³/mol. The van der Waals surface area contributed by atoms with Gasteiger partial charge in [-0.2, -0.15) is 15.8 Å². The minimum absolute atomic E-state index is 0.0931. The van der Waals surface area contributed by atoms with E-state index in [0.717, 1.165) is 27.0 Å². The monoisotopic (exact) mass is 409 g/mol. The molecule has 4 rings (SSSR count). The predicted octanol–water partition coefficient (Wildman–Crippen LogP) is 5.65. The normalized spacial score (nSPS) is 9.97. The summed E-state index contributed by atoms with van der Waals surface area (Å²) in [5.74, 6) is 0.835. The van der Waals surface area contributed by atoms with Gasteiger partial charge in [0.05, 0.1) is 27.2 Å². The zero-order chi connectivity index (χ0) is 20.2. The van der Waals surface area contributed by atoms with E-state index < -0.39 is 0 Å². The van der Waals surface area contributed by atoms with Crippen LogP contribution < -0.4 is 0 Å². The van der Waals surface area contributed by atoms with Crippen LogP contribution in [0.2, 0.25) is 0 Å². The van der Waals surface area contributed by atoms with Crippen molar-refractivity contribution in [3.63, 3.8) is 0 Å². The molecule has 1 aromatic carbocycles. The molecule has 7 heteroatoms. The van der Waals surface area contributed by atoms with Gasteiger partial charge in [0, 0.05) is 10.6 Å². The van der Waals surface area contributed by atoms with E-state index in [1.54, 1.807) is 29.5 Å². The van der Waals surface area contributed by atoms with Crippen molar-refractivity contribution < 1.29 is 0 Å². The molecule has 0 amide bonds. The van der Waals surface area contributed by atoms with Crippen LogP contribution in [0.1, 0.15) is 4.88 Å². The summed E-state index contributed by atoms with van der Waals surface area (Å²) in [4.78, 5) is 7.17. The van der Waals surface area contributed by atoms with E-state index in [9.17, 15) is 5.26 Å². The third-order valence-corrected chi connectivity index (χ3v) is 6.20. The van der Waals surface area contributed by atoms with Crippen LogP contribution in [-0.4, -0.2) is 9.55 Å².